The summed E-state index contributed by atoms with van der Waals surface area (Å²) in [4.78, 5) is 1.15. The Bertz CT molecular complexity index is 543. The molecule has 0 spiro atoms. The average Bonchev–Trinajstić information content (AvgIpc) is 2.75. The minimum atomic E-state index is -4.29. The molecule has 1 heterocycles. The minimum absolute atomic E-state index is 0.178. The van der Waals surface area contributed by atoms with E-state index >= 15 is 0 Å². The lowest BCUT2D eigenvalue weighted by Crippen LogP contribution is -2.13. The number of rotatable bonds is 3. The van der Waals surface area contributed by atoms with Crippen molar-refractivity contribution in [3.63, 3.8) is 0 Å². The van der Waals surface area contributed by atoms with Gasteiger partial charge in [-0.05, 0) is 48.1 Å². The fraction of sp³-hybridized carbons (Fsp3) is 0.286. The van der Waals surface area contributed by atoms with Crippen molar-refractivity contribution in [2.45, 2.75) is 25.6 Å². The van der Waals surface area contributed by atoms with Gasteiger partial charge in [-0.25, -0.2) is 0 Å². The maximum atomic E-state index is 12.4. The molecule has 1 nitrogen and oxygen atoms in total. The van der Waals surface area contributed by atoms with Crippen molar-refractivity contribution in [1.29, 1.82) is 0 Å². The van der Waals surface area contributed by atoms with E-state index < -0.39 is 11.7 Å². The molecule has 1 unspecified atom stereocenters. The van der Waals surface area contributed by atoms with Crippen LogP contribution < -0.4 is 5.73 Å². The third kappa shape index (κ3) is 3.36. The number of halogens is 3. The van der Waals surface area contributed by atoms with Crippen LogP contribution in [0.3, 0.4) is 0 Å². The molecule has 0 aliphatic rings. The zero-order valence-corrected chi connectivity index (χ0v) is 11.2. The predicted molar refractivity (Wildman–Crippen MR) is 71.1 cm³/mol. The lowest BCUT2D eigenvalue weighted by molar-refractivity contribution is -0.137. The van der Waals surface area contributed by atoms with E-state index in [1.54, 1.807) is 11.3 Å². The summed E-state index contributed by atoms with van der Waals surface area (Å²) in [5, 5.41) is 1.97. The van der Waals surface area contributed by atoms with Crippen LogP contribution in [0.5, 0.6) is 0 Å². The Morgan fingerprint density at radius 2 is 1.79 bits per heavy atom. The smallest absolute Gasteiger partial charge is 0.324 e. The highest BCUT2D eigenvalue weighted by atomic mass is 32.1. The number of hydrogen-bond acceptors (Lipinski definition) is 2. The van der Waals surface area contributed by atoms with Crippen LogP contribution in [0.1, 0.15) is 27.6 Å². The molecule has 0 aliphatic carbocycles. The second kappa shape index (κ2) is 5.35. The van der Waals surface area contributed by atoms with Crippen LogP contribution in [0.2, 0.25) is 0 Å². The normalized spacial score (nSPS) is 13.5. The van der Waals surface area contributed by atoms with Crippen molar-refractivity contribution in [1.82, 2.24) is 0 Å². The van der Waals surface area contributed by atoms with Crippen LogP contribution in [0.25, 0.3) is 0 Å². The van der Waals surface area contributed by atoms with Gasteiger partial charge in [-0.2, -0.15) is 13.2 Å². The number of thiophene rings is 1. The van der Waals surface area contributed by atoms with E-state index in [0.29, 0.717) is 6.42 Å². The van der Waals surface area contributed by atoms with Gasteiger partial charge in [0.1, 0.15) is 0 Å². The van der Waals surface area contributed by atoms with Crippen molar-refractivity contribution in [3.05, 3.63) is 57.3 Å². The van der Waals surface area contributed by atoms with Crippen LogP contribution in [-0.4, -0.2) is 0 Å². The molecule has 0 saturated heterocycles. The van der Waals surface area contributed by atoms with Crippen molar-refractivity contribution in [3.8, 4) is 0 Å². The van der Waals surface area contributed by atoms with Crippen molar-refractivity contribution >= 4 is 11.3 Å². The molecular weight excluding hydrogens is 271 g/mol. The van der Waals surface area contributed by atoms with E-state index in [2.05, 4.69) is 0 Å². The van der Waals surface area contributed by atoms with Gasteiger partial charge in [-0.15, -0.1) is 11.3 Å². The maximum Gasteiger partial charge on any atom is 0.416 e. The van der Waals surface area contributed by atoms with E-state index in [-0.39, 0.29) is 6.04 Å². The first-order chi connectivity index (χ1) is 8.88. The van der Waals surface area contributed by atoms with Gasteiger partial charge in [0.25, 0.3) is 0 Å². The molecule has 19 heavy (non-hydrogen) atoms. The fourth-order valence-electron chi connectivity index (χ4n) is 1.97. The molecule has 0 bridgehead atoms. The topological polar surface area (TPSA) is 26.0 Å². The lowest BCUT2D eigenvalue weighted by Gasteiger charge is -2.13. The summed E-state index contributed by atoms with van der Waals surface area (Å²) < 4.78 is 37.3. The second-order valence-electron chi connectivity index (χ2n) is 4.44. The first-order valence-electron chi connectivity index (χ1n) is 5.83. The summed E-state index contributed by atoms with van der Waals surface area (Å²) in [5.41, 5.74) is 7.32. The molecule has 0 fully saturated rings. The SMILES string of the molecule is Cc1sccc1C(N)Cc1ccc(C(F)(F)F)cc1. The first-order valence-corrected chi connectivity index (χ1v) is 6.71. The summed E-state index contributed by atoms with van der Waals surface area (Å²) in [6.45, 7) is 1.99. The third-order valence-corrected chi connectivity index (χ3v) is 3.90. The highest BCUT2D eigenvalue weighted by Crippen LogP contribution is 2.30. The van der Waals surface area contributed by atoms with Gasteiger partial charge in [0.15, 0.2) is 0 Å². The summed E-state index contributed by atoms with van der Waals surface area (Å²) >= 11 is 1.62. The quantitative estimate of drug-likeness (QED) is 0.893. The molecular formula is C14H14F3NS. The third-order valence-electron chi connectivity index (χ3n) is 3.04. The summed E-state index contributed by atoms with van der Waals surface area (Å²) in [7, 11) is 0. The van der Waals surface area contributed by atoms with Gasteiger partial charge in [0.05, 0.1) is 5.56 Å². The molecule has 1 atom stereocenters. The highest BCUT2D eigenvalue weighted by molar-refractivity contribution is 7.10. The van der Waals surface area contributed by atoms with Crippen molar-refractivity contribution < 1.29 is 13.2 Å². The fourth-order valence-corrected chi connectivity index (χ4v) is 2.75. The minimum Gasteiger partial charge on any atom is -0.324 e. The summed E-state index contributed by atoms with van der Waals surface area (Å²) in [6.07, 6.45) is -3.75. The van der Waals surface area contributed by atoms with E-state index in [9.17, 15) is 13.2 Å². The molecule has 102 valence electrons. The van der Waals surface area contributed by atoms with Crippen LogP contribution >= 0.6 is 11.3 Å². The number of benzene rings is 1. The first kappa shape index (κ1) is 14.1. The van der Waals surface area contributed by atoms with E-state index in [1.165, 1.54) is 12.1 Å². The number of nitrogens with two attached hydrogens (primary N) is 1. The summed E-state index contributed by atoms with van der Waals surface area (Å²) in [5.74, 6) is 0. The van der Waals surface area contributed by atoms with Gasteiger partial charge in [0, 0.05) is 10.9 Å². The van der Waals surface area contributed by atoms with E-state index in [0.717, 1.165) is 28.1 Å². The molecule has 2 rings (SSSR count). The molecule has 2 aromatic rings. The zero-order chi connectivity index (χ0) is 14.0. The Labute approximate surface area is 113 Å². The highest BCUT2D eigenvalue weighted by Gasteiger charge is 2.29. The monoisotopic (exact) mass is 285 g/mol. The molecule has 1 aromatic carbocycles. The molecule has 1 aromatic heterocycles. The number of alkyl halides is 3. The maximum absolute atomic E-state index is 12.4. The standard InChI is InChI=1S/C14H14F3NS/c1-9-12(6-7-19-9)13(18)8-10-2-4-11(5-3-10)14(15,16)17/h2-7,13H,8,18H2,1H3. The van der Waals surface area contributed by atoms with E-state index in [1.807, 2.05) is 18.4 Å². The lowest BCUT2D eigenvalue weighted by atomic mass is 9.99. The van der Waals surface area contributed by atoms with Crippen LogP contribution in [-0.2, 0) is 12.6 Å². The Morgan fingerprint density at radius 3 is 2.26 bits per heavy atom. The summed E-state index contributed by atoms with van der Waals surface area (Å²) in [6, 6.07) is 6.97. The number of aryl methyl sites for hydroxylation is 1. The van der Waals surface area contributed by atoms with Gasteiger partial charge < -0.3 is 5.73 Å². The molecule has 5 heteroatoms. The Kier molecular flexibility index (Phi) is 3.96. The zero-order valence-electron chi connectivity index (χ0n) is 10.4. The molecule has 0 radical (unpaired) electrons. The number of hydrogen-bond donors (Lipinski definition) is 1. The molecule has 0 amide bonds. The molecule has 0 aliphatic heterocycles. The van der Waals surface area contributed by atoms with Gasteiger partial charge in [0.2, 0.25) is 0 Å². The Morgan fingerprint density at radius 1 is 1.16 bits per heavy atom. The Balaban J connectivity index is 2.10. The van der Waals surface area contributed by atoms with Crippen LogP contribution in [0.15, 0.2) is 35.7 Å². The molecule has 2 N–H and O–H groups in total. The van der Waals surface area contributed by atoms with Crippen molar-refractivity contribution in [2.75, 3.05) is 0 Å². The van der Waals surface area contributed by atoms with Gasteiger partial charge >= 0.3 is 6.18 Å². The van der Waals surface area contributed by atoms with Gasteiger partial charge in [-0.3, -0.25) is 0 Å². The molecule has 0 saturated carbocycles. The van der Waals surface area contributed by atoms with Crippen LogP contribution in [0, 0.1) is 6.92 Å². The van der Waals surface area contributed by atoms with Gasteiger partial charge in [-0.1, -0.05) is 12.1 Å². The van der Waals surface area contributed by atoms with Crippen LogP contribution in [0.4, 0.5) is 13.2 Å². The average molecular weight is 285 g/mol. The largest absolute Gasteiger partial charge is 0.416 e. The predicted octanol–water partition coefficient (Wildman–Crippen LogP) is 4.32. The second-order valence-corrected chi connectivity index (χ2v) is 5.56. The van der Waals surface area contributed by atoms with Crippen molar-refractivity contribution in [2.24, 2.45) is 5.73 Å². The van der Waals surface area contributed by atoms with E-state index in [4.69, 9.17) is 5.73 Å². The Hall–Kier alpha value is -1.33.